The van der Waals surface area contributed by atoms with Crippen LogP contribution in [0.1, 0.15) is 11.1 Å². The molecule has 0 aliphatic carbocycles. The van der Waals surface area contributed by atoms with Crippen LogP contribution in [0.15, 0.2) is 46.9 Å². The fraction of sp³-hybridized carbons (Fsp3) is 0.143. The van der Waals surface area contributed by atoms with Crippen molar-refractivity contribution in [1.29, 1.82) is 0 Å². The van der Waals surface area contributed by atoms with Gasteiger partial charge in [-0.25, -0.2) is 0 Å². The van der Waals surface area contributed by atoms with E-state index in [0.717, 1.165) is 0 Å². The number of hydrogen-bond donors (Lipinski definition) is 1. The second-order valence-electron chi connectivity index (χ2n) is 4.76. The van der Waals surface area contributed by atoms with Crippen LogP contribution in [0, 0.1) is 0 Å². The van der Waals surface area contributed by atoms with Gasteiger partial charge in [0.05, 0.1) is 16.8 Å². The summed E-state index contributed by atoms with van der Waals surface area (Å²) in [7, 11) is -2.86. The lowest BCUT2D eigenvalue weighted by atomic mass is 9.98. The molecule has 0 aliphatic heterocycles. The predicted octanol–water partition coefficient (Wildman–Crippen LogP) is 4.78. The summed E-state index contributed by atoms with van der Waals surface area (Å²) in [5, 5.41) is 0. The minimum absolute atomic E-state index is 0.0105. The summed E-state index contributed by atoms with van der Waals surface area (Å²) in [6, 6.07) is 6.39. The molecule has 4 nitrogen and oxygen atoms in total. The van der Waals surface area contributed by atoms with Crippen molar-refractivity contribution in [3.63, 3.8) is 0 Å². The molecule has 0 aromatic heterocycles. The molecular weight excluding hydrogens is 374 g/mol. The minimum atomic E-state index is -4.99. The third kappa shape index (κ3) is 4.72. The molecule has 0 bridgehead atoms. The molecule has 0 saturated heterocycles. The van der Waals surface area contributed by atoms with Crippen LogP contribution in [-0.2, 0) is 22.9 Å². The number of halogens is 6. The molecule has 0 unspecified atom stereocenters. The summed E-state index contributed by atoms with van der Waals surface area (Å²) in [5.41, 5.74) is -1.41. The van der Waals surface area contributed by atoms with Gasteiger partial charge in [0.25, 0.3) is 0 Å². The van der Waals surface area contributed by atoms with E-state index < -0.39 is 39.5 Å². The van der Waals surface area contributed by atoms with Crippen molar-refractivity contribution >= 4 is 16.2 Å². The Labute approximate surface area is 138 Å². The first-order valence-electron chi connectivity index (χ1n) is 6.43. The van der Waals surface area contributed by atoms with Crippen LogP contribution in [-0.4, -0.2) is 8.42 Å². The van der Waals surface area contributed by atoms with Crippen molar-refractivity contribution in [2.24, 2.45) is 4.47 Å². The molecule has 0 amide bonds. The topological polar surface area (TPSA) is 58.5 Å². The Morgan fingerprint density at radius 1 is 0.840 bits per heavy atom. The summed E-state index contributed by atoms with van der Waals surface area (Å²) < 4.78 is 101. The molecule has 0 spiro atoms. The number of rotatable bonds is 3. The van der Waals surface area contributed by atoms with Gasteiger partial charge in [-0.1, -0.05) is 22.7 Å². The van der Waals surface area contributed by atoms with E-state index in [-0.39, 0.29) is 17.3 Å². The van der Waals surface area contributed by atoms with Crippen LogP contribution in [0.2, 0.25) is 0 Å². The Bertz CT molecular complexity index is 879. The molecule has 134 valence electrons. The Hall–Kier alpha value is -2.56. The monoisotopic (exact) mass is 382 g/mol. The molecule has 0 fully saturated rings. The van der Waals surface area contributed by atoms with Gasteiger partial charge in [-0.2, -0.15) is 34.8 Å². The van der Waals surface area contributed by atoms with Crippen LogP contribution in [0.5, 0.6) is 0 Å². The zero-order valence-corrected chi connectivity index (χ0v) is 12.8. The second-order valence-corrected chi connectivity index (χ2v) is 5.38. The van der Waals surface area contributed by atoms with Gasteiger partial charge in [0.1, 0.15) is 0 Å². The van der Waals surface area contributed by atoms with E-state index in [0.29, 0.717) is 12.1 Å². The van der Waals surface area contributed by atoms with Gasteiger partial charge in [0.2, 0.25) is 0 Å². The van der Waals surface area contributed by atoms with Crippen molar-refractivity contribution in [3.8, 4) is 11.1 Å². The zero-order chi connectivity index (χ0) is 18.8. The molecule has 0 heterocycles. The zero-order valence-electron chi connectivity index (χ0n) is 12.0. The minimum Gasteiger partial charge on any atom is -0.263 e. The highest BCUT2D eigenvalue weighted by Crippen LogP contribution is 2.40. The fourth-order valence-electron chi connectivity index (χ4n) is 2.03. The van der Waals surface area contributed by atoms with E-state index in [1.807, 2.05) is 0 Å². The summed E-state index contributed by atoms with van der Waals surface area (Å²) in [6.45, 7) is 0. The third-order valence-electron chi connectivity index (χ3n) is 3.07. The number of para-hydroxylation sites is 1. The SMILES string of the molecule is O=S(=O)=NNc1ccccc1-c1cc(C(F)(F)F)cc(C(F)(F)F)c1. The Kier molecular flexibility index (Phi) is 5.07. The summed E-state index contributed by atoms with van der Waals surface area (Å²) >= 11 is 0. The van der Waals surface area contributed by atoms with Crippen molar-refractivity contribution in [1.82, 2.24) is 0 Å². The van der Waals surface area contributed by atoms with Crippen LogP contribution in [0.25, 0.3) is 11.1 Å². The summed E-state index contributed by atoms with van der Waals surface area (Å²) in [5.74, 6) is 0. The van der Waals surface area contributed by atoms with E-state index in [9.17, 15) is 34.8 Å². The molecule has 0 radical (unpaired) electrons. The number of nitrogens with zero attached hydrogens (tertiary/aromatic N) is 1. The second kappa shape index (κ2) is 6.75. The van der Waals surface area contributed by atoms with Gasteiger partial charge in [-0.15, -0.1) is 0 Å². The maximum Gasteiger partial charge on any atom is 0.416 e. The maximum absolute atomic E-state index is 12.9. The molecule has 2 aromatic carbocycles. The Morgan fingerprint density at radius 2 is 1.36 bits per heavy atom. The van der Waals surface area contributed by atoms with Gasteiger partial charge < -0.3 is 0 Å². The van der Waals surface area contributed by atoms with E-state index >= 15 is 0 Å². The molecule has 2 aromatic rings. The highest BCUT2D eigenvalue weighted by Gasteiger charge is 2.37. The lowest BCUT2D eigenvalue weighted by Gasteiger charge is -2.15. The van der Waals surface area contributed by atoms with Crippen molar-refractivity contribution in [2.45, 2.75) is 12.4 Å². The molecule has 0 saturated carbocycles. The number of hydrogen-bond acceptors (Lipinski definition) is 3. The summed E-state index contributed by atoms with van der Waals surface area (Å²) in [4.78, 5) is 0. The van der Waals surface area contributed by atoms with Gasteiger partial charge in [-0.3, -0.25) is 5.43 Å². The largest absolute Gasteiger partial charge is 0.416 e. The molecule has 2 rings (SSSR count). The average molecular weight is 382 g/mol. The first-order valence-corrected chi connectivity index (χ1v) is 7.46. The molecule has 0 aliphatic rings. The van der Waals surface area contributed by atoms with E-state index in [1.165, 1.54) is 24.3 Å². The molecule has 1 N–H and O–H groups in total. The van der Waals surface area contributed by atoms with Crippen molar-refractivity contribution in [3.05, 3.63) is 53.6 Å². The maximum atomic E-state index is 12.9. The Balaban J connectivity index is 2.69. The first kappa shape index (κ1) is 18.8. The van der Waals surface area contributed by atoms with Crippen LogP contribution < -0.4 is 5.43 Å². The van der Waals surface area contributed by atoms with Gasteiger partial charge in [-0.05, 0) is 29.8 Å². The average Bonchev–Trinajstić information content (AvgIpc) is 2.51. The normalized spacial score (nSPS) is 11.9. The number of anilines is 1. The van der Waals surface area contributed by atoms with E-state index in [4.69, 9.17) is 0 Å². The lowest BCUT2D eigenvalue weighted by molar-refractivity contribution is -0.143. The highest BCUT2D eigenvalue weighted by atomic mass is 32.2. The molecule has 0 atom stereocenters. The first-order chi connectivity index (χ1) is 11.5. The predicted molar refractivity (Wildman–Crippen MR) is 76.9 cm³/mol. The quantitative estimate of drug-likeness (QED) is 0.614. The highest BCUT2D eigenvalue weighted by molar-refractivity contribution is 7.61. The standard InChI is InChI=1S/C14H8F6N2O2S/c15-13(16,17)9-5-8(6-10(7-9)14(18,19)20)11-3-1-2-4-12(11)21-22-25(23)24/h1-7,21H. The van der Waals surface area contributed by atoms with Crippen LogP contribution >= 0.6 is 0 Å². The number of alkyl halides is 6. The van der Waals surface area contributed by atoms with Gasteiger partial charge in [0, 0.05) is 5.56 Å². The molecular formula is C14H8F6N2O2S. The molecule has 25 heavy (non-hydrogen) atoms. The molecule has 11 heteroatoms. The fourth-order valence-corrected chi connectivity index (χ4v) is 2.20. The van der Waals surface area contributed by atoms with Crippen LogP contribution in [0.4, 0.5) is 32.0 Å². The Morgan fingerprint density at radius 3 is 1.84 bits per heavy atom. The summed E-state index contributed by atoms with van der Waals surface area (Å²) in [6.07, 6.45) is -9.97. The third-order valence-corrected chi connectivity index (χ3v) is 3.31. The van der Waals surface area contributed by atoms with Crippen molar-refractivity contribution < 1.29 is 34.8 Å². The van der Waals surface area contributed by atoms with Gasteiger partial charge >= 0.3 is 22.9 Å². The van der Waals surface area contributed by atoms with E-state index in [1.54, 1.807) is 0 Å². The van der Waals surface area contributed by atoms with Crippen LogP contribution in [0.3, 0.4) is 0 Å². The smallest absolute Gasteiger partial charge is 0.263 e. The van der Waals surface area contributed by atoms with E-state index in [2.05, 4.69) is 9.90 Å². The number of nitrogens with one attached hydrogen (secondary N) is 1. The number of benzene rings is 2. The lowest BCUT2D eigenvalue weighted by Crippen LogP contribution is -2.11. The van der Waals surface area contributed by atoms with Gasteiger partial charge in [0.15, 0.2) is 0 Å². The van der Waals surface area contributed by atoms with Crippen molar-refractivity contribution in [2.75, 3.05) is 5.43 Å².